The molecule has 0 bridgehead atoms. The van der Waals surface area contributed by atoms with Crippen LogP contribution < -0.4 is 5.73 Å². The monoisotopic (exact) mass is 243 g/mol. The first-order valence-electron chi connectivity index (χ1n) is 4.91. The maximum atomic E-state index is 10.7. The smallest absolute Gasteiger partial charge is 0.307 e. The molecule has 4 N–H and O–H groups in total. The van der Waals surface area contributed by atoms with E-state index in [-0.39, 0.29) is 13.0 Å². The van der Waals surface area contributed by atoms with Gasteiger partial charge < -0.3 is 15.9 Å². The standard InChI is InChI=1S/C11H14ClNO3/c12-9-3-1-7(2-4-9)10(14)5-8(6-13)11(15)16/h1-4,8,10,14H,5-6,13H2,(H,15,16)/t8-,10-/m1/s1. The number of carbonyl (C=O) groups is 1. The molecule has 0 saturated heterocycles. The summed E-state index contributed by atoms with van der Waals surface area (Å²) in [6.07, 6.45) is -0.727. The lowest BCUT2D eigenvalue weighted by Crippen LogP contribution is -2.25. The highest BCUT2D eigenvalue weighted by atomic mass is 35.5. The number of carboxylic acids is 1. The van der Waals surface area contributed by atoms with Crippen molar-refractivity contribution in [2.75, 3.05) is 6.54 Å². The lowest BCUT2D eigenvalue weighted by atomic mass is 9.97. The van der Waals surface area contributed by atoms with Gasteiger partial charge in [-0.15, -0.1) is 0 Å². The number of carboxylic acid groups (broad SMARTS) is 1. The van der Waals surface area contributed by atoms with Crippen LogP contribution in [0.5, 0.6) is 0 Å². The first kappa shape index (κ1) is 13.0. The van der Waals surface area contributed by atoms with Gasteiger partial charge in [-0.25, -0.2) is 0 Å². The van der Waals surface area contributed by atoms with Crippen LogP contribution in [0.3, 0.4) is 0 Å². The molecule has 1 aromatic rings. The van der Waals surface area contributed by atoms with Crippen molar-refractivity contribution >= 4 is 17.6 Å². The molecule has 0 spiro atoms. The highest BCUT2D eigenvalue weighted by molar-refractivity contribution is 6.30. The molecule has 0 amide bonds. The van der Waals surface area contributed by atoms with E-state index < -0.39 is 18.0 Å². The fraction of sp³-hybridized carbons (Fsp3) is 0.364. The van der Waals surface area contributed by atoms with E-state index in [0.29, 0.717) is 10.6 Å². The first-order valence-corrected chi connectivity index (χ1v) is 5.28. The average molecular weight is 244 g/mol. The molecule has 0 aromatic heterocycles. The Morgan fingerprint density at radius 2 is 1.94 bits per heavy atom. The van der Waals surface area contributed by atoms with E-state index in [0.717, 1.165) is 0 Å². The molecule has 0 unspecified atom stereocenters. The summed E-state index contributed by atoms with van der Waals surface area (Å²) in [5.41, 5.74) is 5.95. The minimum atomic E-state index is -0.990. The van der Waals surface area contributed by atoms with Crippen LogP contribution in [0.1, 0.15) is 18.1 Å². The van der Waals surface area contributed by atoms with Crippen molar-refractivity contribution in [2.45, 2.75) is 12.5 Å². The predicted octanol–water partition coefficient (Wildman–Crippen LogP) is 1.42. The zero-order chi connectivity index (χ0) is 12.1. The van der Waals surface area contributed by atoms with Crippen molar-refractivity contribution in [1.82, 2.24) is 0 Å². The molecule has 0 fully saturated rings. The van der Waals surface area contributed by atoms with Crippen molar-refractivity contribution in [1.29, 1.82) is 0 Å². The third kappa shape index (κ3) is 3.48. The molecule has 0 aliphatic carbocycles. The second kappa shape index (κ2) is 5.84. The number of halogens is 1. The molecule has 0 aliphatic rings. The molecule has 2 atom stereocenters. The summed E-state index contributed by atoms with van der Waals surface area (Å²) in [6, 6.07) is 6.64. The fourth-order valence-electron chi connectivity index (χ4n) is 1.39. The maximum absolute atomic E-state index is 10.7. The first-order chi connectivity index (χ1) is 7.54. The molecule has 1 aromatic carbocycles. The van der Waals surface area contributed by atoms with Gasteiger partial charge in [0, 0.05) is 11.6 Å². The topological polar surface area (TPSA) is 83.5 Å². The molecule has 16 heavy (non-hydrogen) atoms. The summed E-state index contributed by atoms with van der Waals surface area (Å²) in [6.45, 7) is 0.0139. The number of aliphatic hydroxyl groups excluding tert-OH is 1. The van der Waals surface area contributed by atoms with E-state index in [1.807, 2.05) is 0 Å². The highest BCUT2D eigenvalue weighted by Gasteiger charge is 2.20. The Balaban J connectivity index is 2.67. The lowest BCUT2D eigenvalue weighted by Gasteiger charge is -2.15. The van der Waals surface area contributed by atoms with Gasteiger partial charge in [-0.2, -0.15) is 0 Å². The quantitative estimate of drug-likeness (QED) is 0.730. The third-order valence-corrected chi connectivity index (χ3v) is 2.65. The zero-order valence-electron chi connectivity index (χ0n) is 8.64. The van der Waals surface area contributed by atoms with Crippen molar-refractivity contribution in [3.8, 4) is 0 Å². The van der Waals surface area contributed by atoms with Crippen molar-refractivity contribution in [2.24, 2.45) is 11.7 Å². The predicted molar refractivity (Wildman–Crippen MR) is 61.2 cm³/mol. The second-order valence-electron chi connectivity index (χ2n) is 3.57. The van der Waals surface area contributed by atoms with Crippen LogP contribution in [-0.4, -0.2) is 22.7 Å². The number of nitrogens with two attached hydrogens (primary N) is 1. The van der Waals surface area contributed by atoms with Crippen LogP contribution >= 0.6 is 11.6 Å². The fourth-order valence-corrected chi connectivity index (χ4v) is 1.51. The van der Waals surface area contributed by atoms with Crippen LogP contribution in [0.2, 0.25) is 5.02 Å². The van der Waals surface area contributed by atoms with Gasteiger partial charge in [0.1, 0.15) is 0 Å². The molecule has 0 saturated carbocycles. The Hall–Kier alpha value is -1.10. The van der Waals surface area contributed by atoms with Crippen LogP contribution in [0.4, 0.5) is 0 Å². The summed E-state index contributed by atoms with van der Waals surface area (Å²) < 4.78 is 0. The van der Waals surface area contributed by atoms with Crippen LogP contribution in [-0.2, 0) is 4.79 Å². The van der Waals surface area contributed by atoms with Crippen LogP contribution in [0.15, 0.2) is 24.3 Å². The SMILES string of the molecule is NC[C@@H](C[C@@H](O)c1ccc(Cl)cc1)C(=O)O. The van der Waals surface area contributed by atoms with Gasteiger partial charge in [0.05, 0.1) is 12.0 Å². The summed E-state index contributed by atoms with van der Waals surface area (Å²) in [5.74, 6) is -1.72. The van der Waals surface area contributed by atoms with E-state index in [4.69, 9.17) is 22.4 Å². The maximum Gasteiger partial charge on any atom is 0.307 e. The number of benzene rings is 1. The molecule has 1 rings (SSSR count). The minimum absolute atomic E-state index is 0.0139. The molecule has 88 valence electrons. The van der Waals surface area contributed by atoms with Crippen molar-refractivity contribution < 1.29 is 15.0 Å². The molecule has 0 heterocycles. The van der Waals surface area contributed by atoms with Gasteiger partial charge in [0.2, 0.25) is 0 Å². The van der Waals surface area contributed by atoms with Gasteiger partial charge in [0.15, 0.2) is 0 Å². The number of hydrogen-bond acceptors (Lipinski definition) is 3. The summed E-state index contributed by atoms with van der Waals surface area (Å²) in [5, 5.41) is 19.2. The van der Waals surface area contributed by atoms with E-state index in [9.17, 15) is 9.90 Å². The van der Waals surface area contributed by atoms with E-state index in [1.54, 1.807) is 24.3 Å². The number of hydrogen-bond donors (Lipinski definition) is 3. The molecular formula is C11H14ClNO3. The average Bonchev–Trinajstić information content (AvgIpc) is 2.26. The zero-order valence-corrected chi connectivity index (χ0v) is 9.39. The highest BCUT2D eigenvalue weighted by Crippen LogP contribution is 2.22. The Kier molecular flexibility index (Phi) is 4.73. The summed E-state index contributed by atoms with van der Waals surface area (Å²) >= 11 is 5.70. The molecule has 0 aliphatic heterocycles. The second-order valence-corrected chi connectivity index (χ2v) is 4.01. The van der Waals surface area contributed by atoms with Gasteiger partial charge in [-0.05, 0) is 24.1 Å². The van der Waals surface area contributed by atoms with Crippen LogP contribution in [0, 0.1) is 5.92 Å². The van der Waals surface area contributed by atoms with E-state index in [1.165, 1.54) is 0 Å². The van der Waals surface area contributed by atoms with Crippen LogP contribution in [0.25, 0.3) is 0 Å². The Bertz CT molecular complexity index is 353. The minimum Gasteiger partial charge on any atom is -0.481 e. The Morgan fingerprint density at radius 3 is 2.38 bits per heavy atom. The normalized spacial score (nSPS) is 14.4. The van der Waals surface area contributed by atoms with Crippen molar-refractivity contribution in [3.63, 3.8) is 0 Å². The number of aliphatic carboxylic acids is 1. The van der Waals surface area contributed by atoms with Gasteiger partial charge in [0.25, 0.3) is 0 Å². The molecular weight excluding hydrogens is 230 g/mol. The summed E-state index contributed by atoms with van der Waals surface area (Å²) in [7, 11) is 0. The third-order valence-electron chi connectivity index (χ3n) is 2.40. The number of rotatable bonds is 5. The van der Waals surface area contributed by atoms with E-state index >= 15 is 0 Å². The van der Waals surface area contributed by atoms with Gasteiger partial charge >= 0.3 is 5.97 Å². The largest absolute Gasteiger partial charge is 0.481 e. The Labute approximate surface area is 98.6 Å². The van der Waals surface area contributed by atoms with Crippen molar-refractivity contribution in [3.05, 3.63) is 34.9 Å². The number of aliphatic hydroxyl groups is 1. The molecule has 5 heteroatoms. The van der Waals surface area contributed by atoms with Gasteiger partial charge in [-0.3, -0.25) is 4.79 Å². The molecule has 0 radical (unpaired) electrons. The van der Waals surface area contributed by atoms with E-state index in [2.05, 4.69) is 0 Å². The summed E-state index contributed by atoms with van der Waals surface area (Å²) in [4.78, 5) is 10.7. The Morgan fingerprint density at radius 1 is 1.38 bits per heavy atom. The van der Waals surface area contributed by atoms with Gasteiger partial charge in [-0.1, -0.05) is 23.7 Å². The molecule has 4 nitrogen and oxygen atoms in total. The lowest BCUT2D eigenvalue weighted by molar-refractivity contribution is -0.142.